The van der Waals surface area contributed by atoms with Gasteiger partial charge >= 0.3 is 0 Å². The lowest BCUT2D eigenvalue weighted by molar-refractivity contribution is -0.116. The maximum absolute atomic E-state index is 10.8. The van der Waals surface area contributed by atoms with E-state index in [1.807, 2.05) is 0 Å². The number of amides is 1. The molecule has 1 heterocycles. The van der Waals surface area contributed by atoms with Crippen molar-refractivity contribution in [3.63, 3.8) is 0 Å². The third-order valence-electron chi connectivity index (χ3n) is 1.82. The molecule has 0 aromatic heterocycles. The molecule has 1 rings (SSSR count). The van der Waals surface area contributed by atoms with E-state index in [2.05, 4.69) is 29.4 Å². The second kappa shape index (κ2) is 5.80. The van der Waals surface area contributed by atoms with Crippen molar-refractivity contribution >= 4 is 28.5 Å². The maximum Gasteiger partial charge on any atom is 0.236 e. The molecular weight excluding hydrogens is 198 g/mol. The summed E-state index contributed by atoms with van der Waals surface area (Å²) in [4.78, 5) is 10.8. The minimum Gasteiger partial charge on any atom is -0.303 e. The largest absolute Gasteiger partial charge is 0.303 e. The van der Waals surface area contributed by atoms with E-state index in [0.29, 0.717) is 10.9 Å². The van der Waals surface area contributed by atoms with E-state index in [4.69, 9.17) is 0 Å². The number of amidine groups is 1. The molecule has 0 aromatic rings. The van der Waals surface area contributed by atoms with Crippen molar-refractivity contribution in [1.82, 2.24) is 5.32 Å². The second-order valence-electron chi connectivity index (χ2n) is 3.01. The number of nitrogens with zero attached hydrogens (tertiary/aromatic N) is 2. The molecule has 1 aliphatic rings. The van der Waals surface area contributed by atoms with Crippen LogP contribution in [0.25, 0.3) is 0 Å². The van der Waals surface area contributed by atoms with Crippen molar-refractivity contribution in [2.24, 2.45) is 10.2 Å². The molecule has 1 aliphatic heterocycles. The number of thioether (sulfide) groups is 1. The summed E-state index contributed by atoms with van der Waals surface area (Å²) in [6, 6.07) is 0. The minimum absolute atomic E-state index is 0.0116. The molecule has 0 atom stereocenters. The van der Waals surface area contributed by atoms with Crippen molar-refractivity contribution in [2.75, 3.05) is 5.75 Å². The molecule has 0 unspecified atom stereocenters. The average Bonchev–Trinajstić information content (AvgIpc) is 2.59. The van der Waals surface area contributed by atoms with Crippen molar-refractivity contribution in [1.29, 1.82) is 0 Å². The van der Waals surface area contributed by atoms with Gasteiger partial charge in [0.25, 0.3) is 0 Å². The van der Waals surface area contributed by atoms with Crippen LogP contribution >= 0.6 is 11.8 Å². The highest BCUT2D eigenvalue weighted by Crippen LogP contribution is 2.09. The summed E-state index contributed by atoms with van der Waals surface area (Å²) in [5.74, 6) is 0.473. The Balaban J connectivity index is 2.53. The highest BCUT2D eigenvalue weighted by molar-refractivity contribution is 8.15. The van der Waals surface area contributed by atoms with E-state index in [1.54, 1.807) is 0 Å². The highest BCUT2D eigenvalue weighted by Gasteiger charge is 2.16. The summed E-state index contributed by atoms with van der Waals surface area (Å²) in [6.45, 7) is 4.18. The van der Waals surface area contributed by atoms with Gasteiger partial charge in [-0.15, -0.1) is 5.10 Å². The number of hydrogen-bond acceptors (Lipinski definition) is 4. The Labute approximate surface area is 88.2 Å². The molecule has 4 nitrogen and oxygen atoms in total. The van der Waals surface area contributed by atoms with Gasteiger partial charge in [0.05, 0.1) is 5.75 Å². The van der Waals surface area contributed by atoms with Gasteiger partial charge in [-0.25, -0.2) is 0 Å². The van der Waals surface area contributed by atoms with Gasteiger partial charge in [0, 0.05) is 5.71 Å². The predicted molar refractivity (Wildman–Crippen MR) is 60.7 cm³/mol. The molecule has 1 amide bonds. The Hall–Kier alpha value is -0.840. The Bertz CT molecular complexity index is 273. The van der Waals surface area contributed by atoms with Crippen molar-refractivity contribution < 1.29 is 4.79 Å². The molecule has 0 spiro atoms. The number of nitrogens with one attached hydrogen (secondary N) is 1. The Morgan fingerprint density at radius 1 is 1.57 bits per heavy atom. The standard InChI is InChI=1S/C9H15N3OS/c1-3-5-7(4-2)11-12-9-10-8(13)6-14-9/h3-6H2,1-2H3,(H,10,12,13)/b11-7-. The number of rotatable bonds is 4. The molecular formula is C9H15N3OS. The number of carbonyl (C=O) groups excluding carboxylic acids is 1. The van der Waals surface area contributed by atoms with Gasteiger partial charge in [0.2, 0.25) is 5.91 Å². The molecule has 14 heavy (non-hydrogen) atoms. The van der Waals surface area contributed by atoms with E-state index < -0.39 is 0 Å². The molecule has 5 heteroatoms. The van der Waals surface area contributed by atoms with Gasteiger partial charge in [0.1, 0.15) is 0 Å². The van der Waals surface area contributed by atoms with Gasteiger partial charge in [-0.3, -0.25) is 4.79 Å². The van der Waals surface area contributed by atoms with E-state index >= 15 is 0 Å². The quantitative estimate of drug-likeness (QED) is 0.571. The summed E-state index contributed by atoms with van der Waals surface area (Å²) >= 11 is 1.40. The fourth-order valence-electron chi connectivity index (χ4n) is 1.08. The first-order valence-corrected chi connectivity index (χ1v) is 5.80. The highest BCUT2D eigenvalue weighted by atomic mass is 32.2. The van der Waals surface area contributed by atoms with E-state index in [0.717, 1.165) is 25.0 Å². The van der Waals surface area contributed by atoms with Crippen LogP contribution in [0.3, 0.4) is 0 Å². The van der Waals surface area contributed by atoms with E-state index in [1.165, 1.54) is 11.8 Å². The third-order valence-corrected chi connectivity index (χ3v) is 2.68. The first kappa shape index (κ1) is 11.2. The lowest BCUT2D eigenvalue weighted by Gasteiger charge is -1.97. The summed E-state index contributed by atoms with van der Waals surface area (Å²) in [6.07, 6.45) is 2.98. The van der Waals surface area contributed by atoms with Crippen LogP contribution in [0.15, 0.2) is 10.2 Å². The predicted octanol–water partition coefficient (Wildman–Crippen LogP) is 1.77. The van der Waals surface area contributed by atoms with Crippen LogP contribution in [0.2, 0.25) is 0 Å². The summed E-state index contributed by atoms with van der Waals surface area (Å²) in [5, 5.41) is 11.4. The van der Waals surface area contributed by atoms with Crippen molar-refractivity contribution in [3.05, 3.63) is 0 Å². The van der Waals surface area contributed by atoms with Crippen LogP contribution < -0.4 is 5.32 Å². The molecule has 1 N–H and O–H groups in total. The SMILES string of the molecule is CCC/C(CC)=N\N=C1/NC(=O)CS1. The minimum atomic E-state index is 0.0116. The van der Waals surface area contributed by atoms with Crippen LogP contribution in [-0.4, -0.2) is 22.5 Å². The smallest absolute Gasteiger partial charge is 0.236 e. The topological polar surface area (TPSA) is 53.8 Å². The van der Waals surface area contributed by atoms with E-state index in [9.17, 15) is 4.79 Å². The molecule has 0 aromatic carbocycles. The molecule has 1 fully saturated rings. The first-order chi connectivity index (χ1) is 6.76. The average molecular weight is 213 g/mol. The zero-order chi connectivity index (χ0) is 10.4. The van der Waals surface area contributed by atoms with Crippen molar-refractivity contribution in [2.45, 2.75) is 33.1 Å². The van der Waals surface area contributed by atoms with Crippen LogP contribution in [0, 0.1) is 0 Å². The Morgan fingerprint density at radius 3 is 2.86 bits per heavy atom. The van der Waals surface area contributed by atoms with Gasteiger partial charge in [0.15, 0.2) is 5.17 Å². The monoisotopic (exact) mass is 213 g/mol. The Morgan fingerprint density at radius 2 is 2.36 bits per heavy atom. The fourth-order valence-corrected chi connectivity index (χ4v) is 1.71. The summed E-state index contributed by atoms with van der Waals surface area (Å²) < 4.78 is 0. The third kappa shape index (κ3) is 3.49. The molecule has 1 saturated heterocycles. The normalized spacial score (nSPS) is 20.3. The van der Waals surface area contributed by atoms with Crippen LogP contribution in [-0.2, 0) is 4.79 Å². The number of hydrogen-bond donors (Lipinski definition) is 1. The van der Waals surface area contributed by atoms with Crippen LogP contribution in [0.4, 0.5) is 0 Å². The molecule has 0 saturated carbocycles. The zero-order valence-electron chi connectivity index (χ0n) is 8.54. The maximum atomic E-state index is 10.8. The van der Waals surface area contributed by atoms with Crippen LogP contribution in [0.5, 0.6) is 0 Å². The Kier molecular flexibility index (Phi) is 4.65. The number of carbonyl (C=O) groups is 1. The van der Waals surface area contributed by atoms with E-state index in [-0.39, 0.29) is 5.91 Å². The molecule has 0 bridgehead atoms. The molecule has 78 valence electrons. The molecule has 0 aliphatic carbocycles. The van der Waals surface area contributed by atoms with Gasteiger partial charge in [-0.05, 0) is 12.8 Å². The first-order valence-electron chi connectivity index (χ1n) is 4.82. The van der Waals surface area contributed by atoms with Gasteiger partial charge in [-0.2, -0.15) is 5.10 Å². The lowest BCUT2D eigenvalue weighted by Crippen LogP contribution is -2.19. The second-order valence-corrected chi connectivity index (χ2v) is 3.98. The van der Waals surface area contributed by atoms with Crippen LogP contribution in [0.1, 0.15) is 33.1 Å². The lowest BCUT2D eigenvalue weighted by atomic mass is 10.2. The fraction of sp³-hybridized carbons (Fsp3) is 0.667. The van der Waals surface area contributed by atoms with Gasteiger partial charge < -0.3 is 5.32 Å². The van der Waals surface area contributed by atoms with Gasteiger partial charge in [-0.1, -0.05) is 32.0 Å². The summed E-state index contributed by atoms with van der Waals surface area (Å²) in [7, 11) is 0. The zero-order valence-corrected chi connectivity index (χ0v) is 9.36. The molecule has 0 radical (unpaired) electrons. The summed E-state index contributed by atoms with van der Waals surface area (Å²) in [5.41, 5.74) is 1.08. The van der Waals surface area contributed by atoms with Crippen molar-refractivity contribution in [3.8, 4) is 0 Å².